The Bertz CT molecular complexity index is 519. The van der Waals surface area contributed by atoms with Crippen LogP contribution in [0.4, 0.5) is 5.69 Å². The molecule has 1 aliphatic carbocycles. The Morgan fingerprint density at radius 3 is 2.61 bits per heavy atom. The molecule has 18 heavy (non-hydrogen) atoms. The van der Waals surface area contributed by atoms with Gasteiger partial charge < -0.3 is 16.3 Å². The number of anilines is 1. The lowest BCUT2D eigenvalue weighted by Crippen LogP contribution is -2.36. The fourth-order valence-corrected chi connectivity index (χ4v) is 2.02. The molecule has 2 rings (SSSR count). The molecular weight excluding hydrogens is 230 g/mol. The third-order valence-electron chi connectivity index (χ3n) is 3.41. The van der Waals surface area contributed by atoms with Gasteiger partial charge in [0.05, 0.1) is 0 Å². The molecule has 5 nitrogen and oxygen atoms in total. The molecule has 0 atom stereocenters. The van der Waals surface area contributed by atoms with Gasteiger partial charge in [-0.2, -0.15) is 0 Å². The highest BCUT2D eigenvalue weighted by atomic mass is 16.4. The van der Waals surface area contributed by atoms with Gasteiger partial charge in [0.15, 0.2) is 5.84 Å². The van der Waals surface area contributed by atoms with Crippen molar-refractivity contribution in [2.75, 3.05) is 5.32 Å². The van der Waals surface area contributed by atoms with Crippen molar-refractivity contribution in [3.63, 3.8) is 0 Å². The molecular formula is C13H17N3O2. The Morgan fingerprint density at radius 2 is 2.11 bits per heavy atom. The number of rotatable bonds is 3. The number of amides is 1. The molecule has 1 fully saturated rings. The van der Waals surface area contributed by atoms with Crippen molar-refractivity contribution in [2.24, 2.45) is 16.3 Å². The Morgan fingerprint density at radius 1 is 1.44 bits per heavy atom. The molecule has 1 aromatic rings. The number of nitrogens with two attached hydrogens (primary N) is 1. The Balaban J connectivity index is 2.18. The van der Waals surface area contributed by atoms with Crippen LogP contribution in [0, 0.1) is 19.3 Å². The minimum Gasteiger partial charge on any atom is -0.409 e. The van der Waals surface area contributed by atoms with Crippen LogP contribution in [0.5, 0.6) is 0 Å². The summed E-state index contributed by atoms with van der Waals surface area (Å²) in [6, 6.07) is 5.80. The first kappa shape index (κ1) is 12.4. The van der Waals surface area contributed by atoms with Crippen LogP contribution < -0.4 is 11.1 Å². The minimum atomic E-state index is -0.813. The number of carbonyl (C=O) groups is 1. The third-order valence-corrected chi connectivity index (χ3v) is 3.41. The number of hydrogen-bond acceptors (Lipinski definition) is 3. The molecule has 0 saturated heterocycles. The number of aryl methyl sites for hydroxylation is 2. The van der Waals surface area contributed by atoms with E-state index in [0.29, 0.717) is 12.8 Å². The molecule has 0 spiro atoms. The summed E-state index contributed by atoms with van der Waals surface area (Å²) >= 11 is 0. The first-order valence-corrected chi connectivity index (χ1v) is 5.86. The van der Waals surface area contributed by atoms with Crippen LogP contribution in [0.2, 0.25) is 0 Å². The number of amidine groups is 1. The molecule has 1 aliphatic rings. The quantitative estimate of drug-likeness (QED) is 0.329. The molecule has 1 amide bonds. The summed E-state index contributed by atoms with van der Waals surface area (Å²) in [6.45, 7) is 3.93. The van der Waals surface area contributed by atoms with E-state index < -0.39 is 5.41 Å². The zero-order chi connectivity index (χ0) is 13.3. The van der Waals surface area contributed by atoms with E-state index >= 15 is 0 Å². The van der Waals surface area contributed by atoms with E-state index in [9.17, 15) is 4.79 Å². The second-order valence-corrected chi connectivity index (χ2v) is 4.84. The maximum Gasteiger partial charge on any atom is 0.238 e. The minimum absolute atomic E-state index is 0.00948. The van der Waals surface area contributed by atoms with Crippen molar-refractivity contribution in [3.05, 3.63) is 29.3 Å². The van der Waals surface area contributed by atoms with Crippen LogP contribution in [-0.4, -0.2) is 17.0 Å². The standard InChI is InChI=1S/C13H17N3O2/c1-8-3-4-10(9(2)7-8)15-12(17)13(5-6-13)11(14)16-18/h3-4,7,18H,5-6H2,1-2H3,(H2,14,16)(H,15,17). The van der Waals surface area contributed by atoms with E-state index in [0.717, 1.165) is 16.8 Å². The molecule has 0 unspecified atom stereocenters. The van der Waals surface area contributed by atoms with Crippen LogP contribution in [0.15, 0.2) is 23.4 Å². The molecule has 96 valence electrons. The highest BCUT2D eigenvalue weighted by Crippen LogP contribution is 2.46. The highest BCUT2D eigenvalue weighted by molar-refractivity contribution is 6.14. The van der Waals surface area contributed by atoms with E-state index in [2.05, 4.69) is 10.5 Å². The van der Waals surface area contributed by atoms with Gasteiger partial charge in [-0.25, -0.2) is 0 Å². The number of benzene rings is 1. The van der Waals surface area contributed by atoms with E-state index in [1.165, 1.54) is 0 Å². The monoisotopic (exact) mass is 247 g/mol. The van der Waals surface area contributed by atoms with Crippen molar-refractivity contribution in [2.45, 2.75) is 26.7 Å². The second kappa shape index (κ2) is 4.33. The average molecular weight is 247 g/mol. The van der Waals surface area contributed by atoms with Crippen molar-refractivity contribution in [1.82, 2.24) is 0 Å². The first-order valence-electron chi connectivity index (χ1n) is 5.86. The van der Waals surface area contributed by atoms with Gasteiger partial charge in [0.25, 0.3) is 0 Å². The molecule has 0 radical (unpaired) electrons. The van der Waals surface area contributed by atoms with Gasteiger partial charge in [0, 0.05) is 5.69 Å². The van der Waals surface area contributed by atoms with Crippen molar-refractivity contribution >= 4 is 17.4 Å². The lowest BCUT2D eigenvalue weighted by atomic mass is 10.0. The van der Waals surface area contributed by atoms with E-state index in [1.807, 2.05) is 32.0 Å². The fourth-order valence-electron chi connectivity index (χ4n) is 2.02. The van der Waals surface area contributed by atoms with E-state index in [1.54, 1.807) is 0 Å². The van der Waals surface area contributed by atoms with Gasteiger partial charge >= 0.3 is 0 Å². The molecule has 1 saturated carbocycles. The first-order chi connectivity index (χ1) is 8.49. The highest BCUT2D eigenvalue weighted by Gasteiger charge is 2.54. The Hall–Kier alpha value is -2.04. The number of carbonyl (C=O) groups excluding carboxylic acids is 1. The number of oxime groups is 1. The lowest BCUT2D eigenvalue weighted by molar-refractivity contribution is -0.119. The van der Waals surface area contributed by atoms with E-state index in [4.69, 9.17) is 10.9 Å². The topological polar surface area (TPSA) is 87.7 Å². The fraction of sp³-hybridized carbons (Fsp3) is 0.385. The summed E-state index contributed by atoms with van der Waals surface area (Å²) < 4.78 is 0. The maximum atomic E-state index is 12.2. The van der Waals surface area contributed by atoms with E-state index in [-0.39, 0.29) is 11.7 Å². The molecule has 0 heterocycles. The summed E-state index contributed by atoms with van der Waals surface area (Å²) in [5.41, 5.74) is 7.66. The number of nitrogens with one attached hydrogen (secondary N) is 1. The predicted molar refractivity (Wildman–Crippen MR) is 69.6 cm³/mol. The van der Waals surface area contributed by atoms with Crippen molar-refractivity contribution in [1.29, 1.82) is 0 Å². The SMILES string of the molecule is Cc1ccc(NC(=O)C2(/C(N)=N/O)CC2)c(C)c1. The molecule has 5 heteroatoms. The smallest absolute Gasteiger partial charge is 0.238 e. The van der Waals surface area contributed by atoms with Gasteiger partial charge in [-0.3, -0.25) is 4.79 Å². The summed E-state index contributed by atoms with van der Waals surface area (Å²) in [5, 5.41) is 14.5. The normalized spacial score (nSPS) is 17.3. The summed E-state index contributed by atoms with van der Waals surface area (Å²) in [4.78, 5) is 12.2. The summed E-state index contributed by atoms with van der Waals surface area (Å²) in [7, 11) is 0. The Kier molecular flexibility index (Phi) is 2.98. The number of hydrogen-bond donors (Lipinski definition) is 3. The largest absolute Gasteiger partial charge is 0.409 e. The van der Waals surface area contributed by atoms with Gasteiger partial charge in [-0.1, -0.05) is 22.9 Å². The predicted octanol–water partition coefficient (Wildman–Crippen LogP) is 1.77. The van der Waals surface area contributed by atoms with Gasteiger partial charge in [0.2, 0.25) is 5.91 Å². The molecule has 0 aliphatic heterocycles. The van der Waals surface area contributed by atoms with Crippen LogP contribution in [0.25, 0.3) is 0 Å². The van der Waals surface area contributed by atoms with Crippen LogP contribution in [-0.2, 0) is 4.79 Å². The molecule has 1 aromatic carbocycles. The summed E-state index contributed by atoms with van der Waals surface area (Å²) in [6.07, 6.45) is 1.25. The maximum absolute atomic E-state index is 12.2. The molecule has 0 aromatic heterocycles. The van der Waals surface area contributed by atoms with Gasteiger partial charge in [-0.05, 0) is 38.3 Å². The average Bonchev–Trinajstić information content (AvgIpc) is 3.13. The third kappa shape index (κ3) is 2.03. The summed E-state index contributed by atoms with van der Waals surface area (Å²) in [5.74, 6) is -0.213. The van der Waals surface area contributed by atoms with Crippen LogP contribution >= 0.6 is 0 Å². The number of nitrogens with zero attached hydrogens (tertiary/aromatic N) is 1. The Labute approximate surface area is 106 Å². The van der Waals surface area contributed by atoms with Gasteiger partial charge in [-0.15, -0.1) is 0 Å². The zero-order valence-electron chi connectivity index (χ0n) is 10.5. The molecule has 0 bridgehead atoms. The van der Waals surface area contributed by atoms with Gasteiger partial charge in [0.1, 0.15) is 5.41 Å². The van der Waals surface area contributed by atoms with Crippen LogP contribution in [0.3, 0.4) is 0 Å². The zero-order valence-corrected chi connectivity index (χ0v) is 10.5. The molecule has 4 N–H and O–H groups in total. The van der Waals surface area contributed by atoms with Crippen molar-refractivity contribution < 1.29 is 10.0 Å². The van der Waals surface area contributed by atoms with Crippen LogP contribution in [0.1, 0.15) is 24.0 Å². The second-order valence-electron chi connectivity index (χ2n) is 4.84. The van der Waals surface area contributed by atoms with Crippen molar-refractivity contribution in [3.8, 4) is 0 Å². The lowest BCUT2D eigenvalue weighted by Gasteiger charge is -2.15.